The first-order chi connectivity index (χ1) is 11.9. The molecule has 0 fully saturated rings. The Morgan fingerprint density at radius 3 is 2.52 bits per heavy atom. The third-order valence-electron chi connectivity index (χ3n) is 3.92. The van der Waals surface area contributed by atoms with Crippen LogP contribution < -0.4 is 10.6 Å². The van der Waals surface area contributed by atoms with E-state index >= 15 is 0 Å². The van der Waals surface area contributed by atoms with Gasteiger partial charge in [-0.15, -0.1) is 0 Å². The van der Waals surface area contributed by atoms with E-state index in [2.05, 4.69) is 15.6 Å². The van der Waals surface area contributed by atoms with Crippen LogP contribution in [0.25, 0.3) is 0 Å². The Balaban J connectivity index is 1.93. The van der Waals surface area contributed by atoms with Crippen molar-refractivity contribution in [1.29, 1.82) is 0 Å². The first-order valence-corrected chi connectivity index (χ1v) is 8.78. The molecule has 1 heterocycles. The van der Waals surface area contributed by atoms with Gasteiger partial charge in [0.15, 0.2) is 5.11 Å². The summed E-state index contributed by atoms with van der Waals surface area (Å²) in [5, 5.41) is 7.51. The largest absolute Gasteiger partial charge is 0.353 e. The monoisotopic (exact) mass is 391 g/mol. The molecule has 1 amide bonds. The van der Waals surface area contributed by atoms with E-state index in [1.807, 2.05) is 18.2 Å². The zero-order valence-corrected chi connectivity index (χ0v) is 15.6. The van der Waals surface area contributed by atoms with Crippen molar-refractivity contribution in [2.45, 2.75) is 13.0 Å². The Morgan fingerprint density at radius 1 is 1.16 bits per heavy atom. The molecule has 2 atom stereocenters. The van der Waals surface area contributed by atoms with E-state index < -0.39 is 5.92 Å². The van der Waals surface area contributed by atoms with Crippen LogP contribution in [0, 0.1) is 5.92 Å². The number of carbonyl (C=O) groups excluding carboxylic acids is 1. The second kappa shape index (κ2) is 7.52. The summed E-state index contributed by atoms with van der Waals surface area (Å²) in [5.41, 5.74) is 2.15. The summed E-state index contributed by atoms with van der Waals surface area (Å²) in [6, 6.07) is 14.0. The van der Waals surface area contributed by atoms with Gasteiger partial charge in [0, 0.05) is 21.4 Å². The number of nitrogens with zero attached hydrogens (tertiary/aromatic N) is 1. The molecule has 0 aliphatic carbocycles. The molecule has 0 saturated heterocycles. The third kappa shape index (κ3) is 4.18. The summed E-state index contributed by atoms with van der Waals surface area (Å²) in [4.78, 5) is 17.2. The predicted octanol–water partition coefficient (Wildman–Crippen LogP) is 4.64. The maximum atomic E-state index is 12.9. The number of anilines is 1. The maximum absolute atomic E-state index is 12.9. The van der Waals surface area contributed by atoms with Gasteiger partial charge in [0.05, 0.1) is 6.04 Å². The minimum Gasteiger partial charge on any atom is -0.353 e. The fraction of sp³-hybridized carbons (Fsp3) is 0.167. The molecule has 0 radical (unpaired) electrons. The van der Waals surface area contributed by atoms with Crippen molar-refractivity contribution in [3.63, 3.8) is 0 Å². The molecule has 0 bridgehead atoms. The van der Waals surface area contributed by atoms with Crippen LogP contribution in [0.1, 0.15) is 18.5 Å². The Bertz CT molecular complexity index is 869. The van der Waals surface area contributed by atoms with E-state index in [-0.39, 0.29) is 11.9 Å². The number of hydrogen-bond donors (Lipinski definition) is 2. The first kappa shape index (κ1) is 17.9. The Hall–Kier alpha value is -1.95. The van der Waals surface area contributed by atoms with Crippen LogP contribution in [0.15, 0.2) is 53.5 Å². The number of rotatable bonds is 3. The molecule has 2 unspecified atom stereocenters. The Kier molecular flexibility index (Phi) is 5.37. The molecule has 25 heavy (non-hydrogen) atoms. The van der Waals surface area contributed by atoms with Gasteiger partial charge in [-0.3, -0.25) is 4.79 Å². The lowest BCUT2D eigenvalue weighted by molar-refractivity contribution is -0.118. The fourth-order valence-electron chi connectivity index (χ4n) is 2.82. The van der Waals surface area contributed by atoms with Crippen molar-refractivity contribution in [3.8, 4) is 0 Å². The van der Waals surface area contributed by atoms with Crippen LogP contribution in [0.4, 0.5) is 5.69 Å². The zero-order chi connectivity index (χ0) is 18.0. The molecule has 4 nitrogen and oxygen atoms in total. The molecule has 0 saturated carbocycles. The van der Waals surface area contributed by atoms with Gasteiger partial charge in [0.2, 0.25) is 5.91 Å². The number of carbonyl (C=O) groups is 1. The number of halogens is 2. The van der Waals surface area contributed by atoms with Crippen molar-refractivity contribution in [2.24, 2.45) is 10.9 Å². The van der Waals surface area contributed by atoms with Gasteiger partial charge in [0.25, 0.3) is 0 Å². The second-order valence-electron chi connectivity index (χ2n) is 5.71. The number of aliphatic imine (C=N–C) groups is 1. The molecular weight excluding hydrogens is 377 g/mol. The van der Waals surface area contributed by atoms with E-state index in [4.69, 9.17) is 35.4 Å². The van der Waals surface area contributed by atoms with Gasteiger partial charge >= 0.3 is 0 Å². The molecule has 0 spiro atoms. The van der Waals surface area contributed by atoms with Gasteiger partial charge in [-0.2, -0.15) is 0 Å². The van der Waals surface area contributed by atoms with Gasteiger partial charge in [-0.25, -0.2) is 4.99 Å². The SMILES string of the molecule is CC1=NC(=S)NC(c2cccc(Cl)c2)C1C(=O)Nc1cccc(Cl)c1. The minimum atomic E-state index is -0.524. The van der Waals surface area contributed by atoms with Crippen molar-refractivity contribution in [2.75, 3.05) is 5.32 Å². The molecule has 7 heteroatoms. The number of thiocarbonyl (C=S) groups is 1. The van der Waals surface area contributed by atoms with Crippen molar-refractivity contribution in [1.82, 2.24) is 5.32 Å². The highest BCUT2D eigenvalue weighted by Crippen LogP contribution is 2.30. The van der Waals surface area contributed by atoms with E-state index in [1.54, 1.807) is 37.3 Å². The quantitative estimate of drug-likeness (QED) is 0.749. The number of hydrogen-bond acceptors (Lipinski definition) is 2. The van der Waals surface area contributed by atoms with Crippen LogP contribution in [-0.2, 0) is 4.79 Å². The highest BCUT2D eigenvalue weighted by Gasteiger charge is 2.35. The zero-order valence-electron chi connectivity index (χ0n) is 13.3. The minimum absolute atomic E-state index is 0.191. The summed E-state index contributed by atoms with van der Waals surface area (Å²) in [6.07, 6.45) is 0. The molecule has 0 aromatic heterocycles. The van der Waals surface area contributed by atoms with E-state index in [0.29, 0.717) is 26.6 Å². The summed E-state index contributed by atoms with van der Waals surface area (Å²) in [6.45, 7) is 1.80. The number of amides is 1. The van der Waals surface area contributed by atoms with E-state index in [0.717, 1.165) is 5.56 Å². The van der Waals surface area contributed by atoms with Crippen molar-refractivity contribution < 1.29 is 4.79 Å². The smallest absolute Gasteiger partial charge is 0.235 e. The summed E-state index contributed by atoms with van der Waals surface area (Å²) < 4.78 is 0. The average Bonchev–Trinajstić information content (AvgIpc) is 2.54. The number of benzene rings is 2. The van der Waals surface area contributed by atoms with Crippen molar-refractivity contribution in [3.05, 3.63) is 64.1 Å². The molecular formula is C18H15Cl2N3OS. The molecule has 1 aliphatic rings. The molecule has 2 aromatic rings. The molecule has 3 rings (SSSR count). The average molecular weight is 392 g/mol. The lowest BCUT2D eigenvalue weighted by Gasteiger charge is -2.31. The second-order valence-corrected chi connectivity index (χ2v) is 6.97. The van der Waals surface area contributed by atoms with Crippen LogP contribution in [0.2, 0.25) is 10.0 Å². The molecule has 1 aliphatic heterocycles. The first-order valence-electron chi connectivity index (χ1n) is 7.61. The van der Waals surface area contributed by atoms with E-state index in [1.165, 1.54) is 0 Å². The Labute approximate surface area is 161 Å². The highest BCUT2D eigenvalue weighted by molar-refractivity contribution is 7.80. The van der Waals surface area contributed by atoms with Gasteiger partial charge < -0.3 is 10.6 Å². The Morgan fingerprint density at radius 2 is 1.84 bits per heavy atom. The number of nitrogens with one attached hydrogen (secondary N) is 2. The van der Waals surface area contributed by atoms with Crippen molar-refractivity contribution >= 4 is 57.8 Å². The van der Waals surface area contributed by atoms with Crippen LogP contribution in [-0.4, -0.2) is 16.7 Å². The van der Waals surface area contributed by atoms with Gasteiger partial charge in [0.1, 0.15) is 5.92 Å². The highest BCUT2D eigenvalue weighted by atomic mass is 35.5. The normalized spacial score (nSPS) is 19.8. The topological polar surface area (TPSA) is 53.5 Å². The van der Waals surface area contributed by atoms with Gasteiger partial charge in [-0.05, 0) is 55.0 Å². The lowest BCUT2D eigenvalue weighted by atomic mass is 9.87. The van der Waals surface area contributed by atoms with Crippen LogP contribution >= 0.6 is 35.4 Å². The standard InChI is InChI=1S/C18H15Cl2N3OS/c1-10-15(17(24)22-14-7-3-6-13(20)9-14)16(23-18(25)21-10)11-4-2-5-12(19)8-11/h2-9,15-16H,1H3,(H,22,24)(H,23,25). The summed E-state index contributed by atoms with van der Waals surface area (Å²) >= 11 is 17.3. The summed E-state index contributed by atoms with van der Waals surface area (Å²) in [7, 11) is 0. The predicted molar refractivity (Wildman–Crippen MR) is 107 cm³/mol. The van der Waals surface area contributed by atoms with Crippen LogP contribution in [0.5, 0.6) is 0 Å². The summed E-state index contributed by atoms with van der Waals surface area (Å²) in [5.74, 6) is -0.715. The molecule has 128 valence electrons. The maximum Gasteiger partial charge on any atom is 0.235 e. The fourth-order valence-corrected chi connectivity index (χ4v) is 3.48. The van der Waals surface area contributed by atoms with Crippen LogP contribution in [0.3, 0.4) is 0 Å². The van der Waals surface area contributed by atoms with E-state index in [9.17, 15) is 4.79 Å². The molecule has 2 N–H and O–H groups in total. The molecule has 2 aromatic carbocycles. The van der Waals surface area contributed by atoms with Gasteiger partial charge in [-0.1, -0.05) is 41.4 Å². The third-order valence-corrected chi connectivity index (χ3v) is 4.60. The lowest BCUT2D eigenvalue weighted by Crippen LogP contribution is -2.45.